The Bertz CT molecular complexity index is 845. The zero-order valence-electron chi connectivity index (χ0n) is 10.0. The number of allylic oxidation sites excluding steroid dienone is 2. The van der Waals surface area contributed by atoms with E-state index < -0.39 is 17.4 Å². The first-order valence-corrected chi connectivity index (χ1v) is 7.11. The van der Waals surface area contributed by atoms with E-state index in [0.29, 0.717) is 5.56 Å². The van der Waals surface area contributed by atoms with Crippen molar-refractivity contribution in [3.63, 3.8) is 0 Å². The minimum Gasteiger partial charge on any atom is -0.287 e. The van der Waals surface area contributed by atoms with Gasteiger partial charge in [0.05, 0.1) is 9.51 Å². The average Bonchev–Trinajstić information content (AvgIpc) is 2.78. The standard InChI is InChI=1S/C13H4BrCl2FN2O2/c14-6-2-1-5(3-8(6)17)13-18-10-11(19(13)16)9(20)4-7(15)12(10)21/h1-4H. The number of halogens is 4. The van der Waals surface area contributed by atoms with Crippen LogP contribution in [0.5, 0.6) is 0 Å². The third-order valence-corrected chi connectivity index (χ3v) is 4.18. The first-order valence-electron chi connectivity index (χ1n) is 5.60. The Morgan fingerprint density at radius 3 is 2.67 bits per heavy atom. The third kappa shape index (κ3) is 2.23. The molecule has 2 aromatic rings. The zero-order chi connectivity index (χ0) is 15.3. The summed E-state index contributed by atoms with van der Waals surface area (Å²) in [6.07, 6.45) is 0.985. The van der Waals surface area contributed by atoms with E-state index >= 15 is 0 Å². The number of fused-ring (bicyclic) bond motifs is 1. The molecule has 0 unspecified atom stereocenters. The molecule has 0 bridgehead atoms. The van der Waals surface area contributed by atoms with Crippen LogP contribution in [0.4, 0.5) is 4.39 Å². The zero-order valence-corrected chi connectivity index (χ0v) is 13.1. The summed E-state index contributed by atoms with van der Waals surface area (Å²) < 4.78 is 14.8. The van der Waals surface area contributed by atoms with Crippen LogP contribution >= 0.6 is 39.3 Å². The van der Waals surface area contributed by atoms with Crippen molar-refractivity contribution in [2.24, 2.45) is 0 Å². The van der Waals surface area contributed by atoms with Crippen molar-refractivity contribution in [2.45, 2.75) is 0 Å². The highest BCUT2D eigenvalue weighted by atomic mass is 79.9. The number of benzene rings is 1. The molecule has 1 aromatic heterocycles. The highest BCUT2D eigenvalue weighted by Gasteiger charge is 2.32. The monoisotopic (exact) mass is 388 g/mol. The van der Waals surface area contributed by atoms with Gasteiger partial charge < -0.3 is 0 Å². The molecule has 0 aliphatic heterocycles. The van der Waals surface area contributed by atoms with Crippen LogP contribution in [0.25, 0.3) is 11.4 Å². The fraction of sp³-hybridized carbons (Fsp3) is 0. The summed E-state index contributed by atoms with van der Waals surface area (Å²) in [7, 11) is 0. The molecule has 0 spiro atoms. The van der Waals surface area contributed by atoms with Crippen LogP contribution in [-0.2, 0) is 0 Å². The van der Waals surface area contributed by atoms with Gasteiger partial charge in [-0.2, -0.15) is 0 Å². The van der Waals surface area contributed by atoms with Gasteiger partial charge in [0.2, 0.25) is 11.6 Å². The normalized spacial score (nSPS) is 14.2. The van der Waals surface area contributed by atoms with Gasteiger partial charge in [0.15, 0.2) is 5.82 Å². The Hall–Kier alpha value is -1.50. The van der Waals surface area contributed by atoms with Gasteiger partial charge in [-0.15, -0.1) is 0 Å². The molecule has 4 nitrogen and oxygen atoms in total. The molecule has 0 atom stereocenters. The van der Waals surface area contributed by atoms with Crippen LogP contribution in [0, 0.1) is 5.82 Å². The van der Waals surface area contributed by atoms with E-state index in [0.717, 1.165) is 10.2 Å². The molecule has 0 fully saturated rings. The van der Waals surface area contributed by atoms with Gasteiger partial charge in [0.25, 0.3) is 0 Å². The van der Waals surface area contributed by atoms with Crippen molar-refractivity contribution in [3.05, 3.63) is 51.0 Å². The summed E-state index contributed by atoms with van der Waals surface area (Å²) in [6.45, 7) is 0. The minimum atomic E-state index is -0.593. The van der Waals surface area contributed by atoms with Crippen LogP contribution < -0.4 is 0 Å². The van der Waals surface area contributed by atoms with Crippen molar-refractivity contribution in [2.75, 3.05) is 0 Å². The summed E-state index contributed by atoms with van der Waals surface area (Å²) in [4.78, 5) is 27.8. The molecule has 1 aromatic carbocycles. The topological polar surface area (TPSA) is 52.0 Å². The van der Waals surface area contributed by atoms with E-state index in [1.165, 1.54) is 12.1 Å². The number of carbonyl (C=O) groups is 2. The summed E-state index contributed by atoms with van der Waals surface area (Å²) in [5.74, 6) is -1.54. The first kappa shape index (κ1) is 14.4. The number of Topliss-reactive ketones (excluding diaryl/α,β-unsaturated/α-hetero) is 1. The van der Waals surface area contributed by atoms with Crippen LogP contribution in [0.3, 0.4) is 0 Å². The van der Waals surface area contributed by atoms with Gasteiger partial charge in [-0.1, -0.05) is 11.6 Å². The molecule has 106 valence electrons. The number of nitrogens with zero attached hydrogens (tertiary/aromatic N) is 2. The molecule has 0 N–H and O–H groups in total. The number of imidazole rings is 1. The number of ketones is 2. The maximum Gasteiger partial charge on any atom is 0.225 e. The lowest BCUT2D eigenvalue weighted by Gasteiger charge is -2.05. The summed E-state index contributed by atoms with van der Waals surface area (Å²) in [5.41, 5.74) is 0.113. The van der Waals surface area contributed by atoms with Gasteiger partial charge in [-0.3, -0.25) is 9.59 Å². The summed E-state index contributed by atoms with van der Waals surface area (Å²) >= 11 is 14.8. The van der Waals surface area contributed by atoms with Crippen LogP contribution in [0.2, 0.25) is 0 Å². The Labute approximate surface area is 136 Å². The predicted molar refractivity (Wildman–Crippen MR) is 79.2 cm³/mol. The van der Waals surface area contributed by atoms with Gasteiger partial charge in [0, 0.05) is 23.4 Å². The van der Waals surface area contributed by atoms with E-state index in [1.807, 2.05) is 0 Å². The second-order valence-corrected chi connectivity index (χ2v) is 5.83. The number of aromatic nitrogens is 2. The predicted octanol–water partition coefficient (Wildman–Crippen LogP) is 3.96. The first-order chi connectivity index (χ1) is 9.90. The highest BCUT2D eigenvalue weighted by molar-refractivity contribution is 9.10. The highest BCUT2D eigenvalue weighted by Crippen LogP contribution is 2.31. The van der Waals surface area contributed by atoms with E-state index in [9.17, 15) is 14.0 Å². The van der Waals surface area contributed by atoms with E-state index in [-0.39, 0.29) is 26.7 Å². The molecular weight excluding hydrogens is 386 g/mol. The van der Waals surface area contributed by atoms with E-state index in [4.69, 9.17) is 23.4 Å². The lowest BCUT2D eigenvalue weighted by Crippen LogP contribution is -2.15. The summed E-state index contributed by atoms with van der Waals surface area (Å²) in [5, 5.41) is -0.226. The molecule has 3 rings (SSSR count). The van der Waals surface area contributed by atoms with Crippen molar-refractivity contribution in [3.8, 4) is 11.4 Å². The van der Waals surface area contributed by atoms with Gasteiger partial charge >= 0.3 is 0 Å². The van der Waals surface area contributed by atoms with Crippen molar-refractivity contribution in [1.29, 1.82) is 0 Å². The van der Waals surface area contributed by atoms with E-state index in [2.05, 4.69) is 20.9 Å². The third-order valence-electron chi connectivity index (χ3n) is 2.93. The number of hydrogen-bond acceptors (Lipinski definition) is 3. The van der Waals surface area contributed by atoms with Gasteiger partial charge in [0.1, 0.15) is 17.2 Å². The van der Waals surface area contributed by atoms with Crippen molar-refractivity contribution >= 4 is 50.9 Å². The fourth-order valence-corrected chi connectivity index (χ4v) is 2.68. The molecule has 1 heterocycles. The molecule has 0 radical (unpaired) electrons. The molecule has 0 saturated heterocycles. The number of rotatable bonds is 1. The van der Waals surface area contributed by atoms with Crippen molar-refractivity contribution in [1.82, 2.24) is 9.07 Å². The van der Waals surface area contributed by atoms with Crippen LogP contribution in [0.1, 0.15) is 21.0 Å². The maximum absolute atomic E-state index is 13.6. The minimum absolute atomic E-state index is 0.0793. The molecule has 1 aliphatic carbocycles. The van der Waals surface area contributed by atoms with Crippen LogP contribution in [-0.4, -0.2) is 20.6 Å². The smallest absolute Gasteiger partial charge is 0.225 e. The lowest BCUT2D eigenvalue weighted by molar-refractivity contribution is 0.0985. The summed E-state index contributed by atoms with van der Waals surface area (Å²) in [6, 6.07) is 4.23. The number of hydrogen-bond donors (Lipinski definition) is 0. The van der Waals surface area contributed by atoms with E-state index in [1.54, 1.807) is 6.07 Å². The fourth-order valence-electron chi connectivity index (χ4n) is 1.95. The molecule has 21 heavy (non-hydrogen) atoms. The van der Waals surface area contributed by atoms with Gasteiger partial charge in [-0.25, -0.2) is 13.5 Å². The van der Waals surface area contributed by atoms with Gasteiger partial charge in [-0.05, 0) is 34.1 Å². The second-order valence-electron chi connectivity index (χ2n) is 4.23. The largest absolute Gasteiger partial charge is 0.287 e. The maximum atomic E-state index is 13.6. The molecule has 0 saturated carbocycles. The molecule has 0 amide bonds. The average molecular weight is 390 g/mol. The Kier molecular flexibility index (Phi) is 3.47. The quantitative estimate of drug-likeness (QED) is 0.741. The number of carbonyl (C=O) groups excluding carboxylic acids is 2. The molecular formula is C13H4BrCl2FN2O2. The molecule has 8 heteroatoms. The Morgan fingerprint density at radius 1 is 1.29 bits per heavy atom. The second kappa shape index (κ2) is 5.05. The van der Waals surface area contributed by atoms with Crippen LogP contribution in [0.15, 0.2) is 33.8 Å². The Morgan fingerprint density at radius 2 is 2.00 bits per heavy atom. The van der Waals surface area contributed by atoms with Crippen molar-refractivity contribution < 1.29 is 14.0 Å². The lowest BCUT2D eigenvalue weighted by atomic mass is 10.1. The molecule has 1 aliphatic rings. The Balaban J connectivity index is 2.22. The SMILES string of the molecule is O=C1C(Cl)=CC(=O)c2c1nc(-c1ccc(Br)c(F)c1)n2Cl.